The van der Waals surface area contributed by atoms with Crippen LogP contribution in [0.5, 0.6) is 0 Å². The third kappa shape index (κ3) is 4.84. The maximum Gasteiger partial charge on any atom is 0.101 e. The minimum atomic E-state index is -0.715. The highest BCUT2D eigenvalue weighted by Crippen LogP contribution is 2.53. The van der Waals surface area contributed by atoms with E-state index in [0.29, 0.717) is 17.8 Å². The molecule has 1 saturated carbocycles. The Morgan fingerprint density at radius 3 is 2.60 bits per heavy atom. The van der Waals surface area contributed by atoms with Gasteiger partial charge >= 0.3 is 0 Å². The number of rotatable bonds is 10. The lowest BCUT2D eigenvalue weighted by Crippen LogP contribution is -2.10. The van der Waals surface area contributed by atoms with Gasteiger partial charge in [-0.3, -0.25) is 0 Å². The van der Waals surface area contributed by atoms with Crippen molar-refractivity contribution in [1.82, 2.24) is 0 Å². The Kier molecular flexibility index (Phi) is 7.04. The molecule has 0 radical (unpaired) electrons. The van der Waals surface area contributed by atoms with Crippen LogP contribution in [0.15, 0.2) is 36.9 Å². The van der Waals surface area contributed by atoms with E-state index in [9.17, 15) is 4.39 Å². The van der Waals surface area contributed by atoms with Crippen molar-refractivity contribution in [1.29, 1.82) is 0 Å². The van der Waals surface area contributed by atoms with Crippen LogP contribution >= 0.6 is 0 Å². The summed E-state index contributed by atoms with van der Waals surface area (Å²) in [6.07, 6.45) is 7.05. The maximum absolute atomic E-state index is 13.8. The zero-order valence-corrected chi connectivity index (χ0v) is 16.5. The van der Waals surface area contributed by atoms with Crippen LogP contribution in [0.2, 0.25) is 0 Å². The lowest BCUT2D eigenvalue weighted by atomic mass is 9.80. The normalized spacial score (nSPS) is 22.9. The second-order valence-corrected chi connectivity index (χ2v) is 8.06. The molecule has 0 N–H and O–H groups in total. The summed E-state index contributed by atoms with van der Waals surface area (Å²) < 4.78 is 13.8. The summed E-state index contributed by atoms with van der Waals surface area (Å²) >= 11 is 0. The van der Waals surface area contributed by atoms with E-state index >= 15 is 0 Å². The van der Waals surface area contributed by atoms with Gasteiger partial charge in [-0.25, -0.2) is 4.39 Å². The fourth-order valence-corrected chi connectivity index (χ4v) is 4.31. The third-order valence-corrected chi connectivity index (χ3v) is 5.96. The monoisotopic (exact) mass is 342 g/mol. The number of hydrogen-bond donors (Lipinski definition) is 0. The van der Waals surface area contributed by atoms with E-state index < -0.39 is 6.17 Å². The predicted molar refractivity (Wildman–Crippen MR) is 109 cm³/mol. The molecule has 0 amide bonds. The summed E-state index contributed by atoms with van der Waals surface area (Å²) in [7, 11) is 0. The average molecular weight is 343 g/mol. The first-order chi connectivity index (χ1) is 11.9. The van der Waals surface area contributed by atoms with E-state index in [4.69, 9.17) is 0 Å². The van der Waals surface area contributed by atoms with Gasteiger partial charge < -0.3 is 0 Å². The summed E-state index contributed by atoms with van der Waals surface area (Å²) in [5, 5.41) is 0. The number of benzene rings is 1. The molecule has 1 fully saturated rings. The van der Waals surface area contributed by atoms with Crippen LogP contribution in [0.4, 0.5) is 4.39 Å². The molecular weight excluding hydrogens is 307 g/mol. The zero-order chi connectivity index (χ0) is 18.6. The number of unbranched alkanes of at least 4 members (excludes halogenated alkanes) is 1. The van der Waals surface area contributed by atoms with Crippen molar-refractivity contribution in [3.8, 4) is 0 Å². The summed E-state index contributed by atoms with van der Waals surface area (Å²) in [6.45, 7) is 16.7. The van der Waals surface area contributed by atoms with Crippen LogP contribution in [0.25, 0.3) is 6.08 Å². The molecule has 1 aliphatic rings. The molecule has 1 aromatic carbocycles. The first kappa shape index (κ1) is 19.9. The fourth-order valence-electron chi connectivity index (χ4n) is 4.31. The van der Waals surface area contributed by atoms with Gasteiger partial charge in [-0.15, -0.1) is 0 Å². The molecule has 0 nitrogen and oxygen atoms in total. The second kappa shape index (κ2) is 8.83. The van der Waals surface area contributed by atoms with Crippen molar-refractivity contribution in [2.24, 2.45) is 11.8 Å². The highest BCUT2D eigenvalue weighted by atomic mass is 19.1. The minimum absolute atomic E-state index is 0.197. The van der Waals surface area contributed by atoms with Gasteiger partial charge in [0.25, 0.3) is 0 Å². The molecular formula is C24H35F. The standard InChI is InChI=1S/C24H35F/c1-7-9-11-20(16(3)4)14-17(5)24-19(8-2)12-10-13-21(24)23-15-22(23)18(6)25/h8,10,12-13,17-18,20,22-23H,2-3,7,9,11,14-15H2,1,4-6H3. The second-order valence-electron chi connectivity index (χ2n) is 8.06. The van der Waals surface area contributed by atoms with Crippen molar-refractivity contribution in [2.75, 3.05) is 0 Å². The van der Waals surface area contributed by atoms with Gasteiger partial charge in [-0.05, 0) is 73.5 Å². The predicted octanol–water partition coefficient (Wildman–Crippen LogP) is 7.67. The van der Waals surface area contributed by atoms with Crippen molar-refractivity contribution in [3.63, 3.8) is 0 Å². The number of halogens is 1. The lowest BCUT2D eigenvalue weighted by molar-refractivity contribution is 0.319. The maximum atomic E-state index is 13.8. The van der Waals surface area contributed by atoms with Gasteiger partial charge in [-0.1, -0.05) is 69.7 Å². The first-order valence-electron chi connectivity index (χ1n) is 9.95. The molecule has 1 aliphatic carbocycles. The third-order valence-electron chi connectivity index (χ3n) is 5.96. The summed E-state index contributed by atoms with van der Waals surface area (Å²) in [4.78, 5) is 0. The Labute approximate surface area is 154 Å². The molecule has 0 bridgehead atoms. The van der Waals surface area contributed by atoms with Gasteiger partial charge in [0.15, 0.2) is 0 Å². The van der Waals surface area contributed by atoms with Crippen LogP contribution in [-0.2, 0) is 0 Å². The van der Waals surface area contributed by atoms with Crippen LogP contribution < -0.4 is 0 Å². The average Bonchev–Trinajstić information content (AvgIpc) is 3.38. The highest BCUT2D eigenvalue weighted by Gasteiger charge is 2.44. The lowest BCUT2D eigenvalue weighted by Gasteiger charge is -2.25. The van der Waals surface area contributed by atoms with Gasteiger partial charge in [0.1, 0.15) is 6.17 Å². The topological polar surface area (TPSA) is 0 Å². The molecule has 138 valence electrons. The molecule has 25 heavy (non-hydrogen) atoms. The van der Waals surface area contributed by atoms with Crippen LogP contribution in [0, 0.1) is 11.8 Å². The summed E-state index contributed by atoms with van der Waals surface area (Å²) in [6, 6.07) is 6.47. The van der Waals surface area contributed by atoms with E-state index in [1.54, 1.807) is 6.92 Å². The van der Waals surface area contributed by atoms with Crippen molar-refractivity contribution < 1.29 is 4.39 Å². The number of hydrogen-bond acceptors (Lipinski definition) is 0. The Bertz CT molecular complexity index is 598. The fraction of sp³-hybridized carbons (Fsp3) is 0.583. The number of allylic oxidation sites excluding steroid dienone is 1. The van der Waals surface area contributed by atoms with Gasteiger partial charge in [0, 0.05) is 0 Å². The molecule has 0 spiro atoms. The summed E-state index contributed by atoms with van der Waals surface area (Å²) in [5.74, 6) is 1.59. The van der Waals surface area contributed by atoms with E-state index in [-0.39, 0.29) is 5.92 Å². The van der Waals surface area contributed by atoms with Crippen LogP contribution in [0.3, 0.4) is 0 Å². The Morgan fingerprint density at radius 1 is 1.36 bits per heavy atom. The van der Waals surface area contributed by atoms with Crippen molar-refractivity contribution in [2.45, 2.75) is 77.8 Å². The van der Waals surface area contributed by atoms with E-state index in [1.807, 2.05) is 6.08 Å². The van der Waals surface area contributed by atoms with Crippen molar-refractivity contribution in [3.05, 3.63) is 53.6 Å². The first-order valence-corrected chi connectivity index (χ1v) is 9.95. The van der Waals surface area contributed by atoms with Crippen LogP contribution in [-0.4, -0.2) is 6.17 Å². The Morgan fingerprint density at radius 2 is 2.08 bits per heavy atom. The molecule has 1 aromatic rings. The molecule has 0 aromatic heterocycles. The molecule has 5 unspecified atom stereocenters. The van der Waals surface area contributed by atoms with E-state index in [0.717, 1.165) is 12.8 Å². The molecule has 0 heterocycles. The van der Waals surface area contributed by atoms with E-state index in [2.05, 4.69) is 52.1 Å². The molecule has 5 atom stereocenters. The smallest absolute Gasteiger partial charge is 0.101 e. The Balaban J connectivity index is 2.26. The largest absolute Gasteiger partial charge is 0.247 e. The van der Waals surface area contributed by atoms with Gasteiger partial charge in [0.2, 0.25) is 0 Å². The molecule has 1 heteroatoms. The zero-order valence-electron chi connectivity index (χ0n) is 16.5. The van der Waals surface area contributed by atoms with Crippen LogP contribution in [0.1, 0.15) is 88.3 Å². The quantitative estimate of drug-likeness (QED) is 0.383. The van der Waals surface area contributed by atoms with E-state index in [1.165, 1.54) is 41.5 Å². The van der Waals surface area contributed by atoms with Gasteiger partial charge in [0.05, 0.1) is 0 Å². The molecule has 0 saturated heterocycles. The summed E-state index contributed by atoms with van der Waals surface area (Å²) in [5.41, 5.74) is 5.27. The SMILES string of the molecule is C=Cc1cccc(C2CC2C(C)F)c1C(C)CC(CCCC)C(=C)C. The van der Waals surface area contributed by atoms with Gasteiger partial charge in [-0.2, -0.15) is 0 Å². The number of alkyl halides is 1. The minimum Gasteiger partial charge on any atom is -0.247 e. The molecule has 0 aliphatic heterocycles. The van der Waals surface area contributed by atoms with Crippen molar-refractivity contribution >= 4 is 6.08 Å². The highest BCUT2D eigenvalue weighted by molar-refractivity contribution is 5.57. The molecule has 2 rings (SSSR count). The Hall–Kier alpha value is -1.37.